The topological polar surface area (TPSA) is 119 Å². The van der Waals surface area contributed by atoms with Crippen LogP contribution in [-0.4, -0.2) is 72.6 Å². The number of anilines is 1. The molecule has 18 heteroatoms. The summed E-state index contributed by atoms with van der Waals surface area (Å²) in [7, 11) is -2.90. The Labute approximate surface area is 293 Å². The van der Waals surface area contributed by atoms with E-state index in [1.54, 1.807) is 52.9 Å². The number of aryl methyl sites for hydroxylation is 2. The first-order valence-electron chi connectivity index (χ1n) is 15.7. The van der Waals surface area contributed by atoms with E-state index in [1.807, 2.05) is 0 Å². The fourth-order valence-corrected chi connectivity index (χ4v) is 6.95. The average molecular weight is 752 g/mol. The zero-order valence-electron chi connectivity index (χ0n) is 27.6. The van der Waals surface area contributed by atoms with Crippen molar-refractivity contribution < 1.29 is 53.4 Å². The number of nitrogens with zero attached hydrogens (tertiary/aromatic N) is 4. The molecule has 4 heterocycles. The molecule has 1 amide bonds. The monoisotopic (exact) mass is 751 g/mol. The molecule has 0 atom stereocenters. The number of alkyl halides is 6. The van der Waals surface area contributed by atoms with Gasteiger partial charge in [-0.1, -0.05) is 12.1 Å². The summed E-state index contributed by atoms with van der Waals surface area (Å²) >= 11 is 0. The van der Waals surface area contributed by atoms with Crippen molar-refractivity contribution in [3.8, 4) is 17.4 Å². The molecule has 1 saturated heterocycles. The molecule has 276 valence electrons. The van der Waals surface area contributed by atoms with Gasteiger partial charge in [0.25, 0.3) is 15.9 Å². The van der Waals surface area contributed by atoms with Gasteiger partial charge in [-0.2, -0.15) is 26.3 Å². The normalized spacial score (nSPS) is 14.5. The Morgan fingerprint density at radius 1 is 0.923 bits per heavy atom. The number of pyridine rings is 1. The van der Waals surface area contributed by atoms with E-state index in [2.05, 4.69) is 19.0 Å². The molecule has 5 aromatic rings. The number of halogens is 6. The lowest BCUT2D eigenvalue weighted by Gasteiger charge is -2.34. The van der Waals surface area contributed by atoms with Crippen molar-refractivity contribution in [1.82, 2.24) is 19.4 Å². The number of carbonyl (C=O) groups is 1. The summed E-state index contributed by atoms with van der Waals surface area (Å²) in [5.74, 6) is -1.42. The van der Waals surface area contributed by atoms with Crippen LogP contribution in [0.2, 0.25) is 0 Å². The van der Waals surface area contributed by atoms with Gasteiger partial charge in [0.05, 0.1) is 17.4 Å². The van der Waals surface area contributed by atoms with Gasteiger partial charge in [-0.3, -0.25) is 14.4 Å². The molecule has 1 aliphatic heterocycles. The summed E-state index contributed by atoms with van der Waals surface area (Å²) in [4.78, 5) is 20.5. The Balaban J connectivity index is 1.05. The standard InChI is InChI=1S/C34H31F6N5O6S/c1-21-15-29(31(50-21)34(38,39)40)52(47,48)42-24-6-10-30(41-18-24)51-26-9-5-23-16-28(43(2)27(23)17-26)32(46)45-13-11-44(12-14-45)19-22-3-7-25(8-4-22)49-20-33(35,36)37/h3-10,15-18,42H,11-14,19-20H2,1-2H3. The Morgan fingerprint density at radius 2 is 1.62 bits per heavy atom. The number of amides is 1. The molecule has 0 unspecified atom stereocenters. The molecular formula is C34H31F6N5O6S. The van der Waals surface area contributed by atoms with Crippen LogP contribution in [0, 0.1) is 6.92 Å². The molecule has 0 bridgehead atoms. The predicted molar refractivity (Wildman–Crippen MR) is 176 cm³/mol. The molecule has 0 spiro atoms. The molecule has 52 heavy (non-hydrogen) atoms. The van der Waals surface area contributed by atoms with Gasteiger partial charge < -0.3 is 23.4 Å². The molecule has 11 nitrogen and oxygen atoms in total. The first kappa shape index (κ1) is 36.6. The first-order chi connectivity index (χ1) is 24.4. The number of ether oxygens (including phenoxy) is 2. The number of sulfonamides is 1. The third kappa shape index (κ3) is 8.45. The number of nitrogens with one attached hydrogen (secondary N) is 1. The van der Waals surface area contributed by atoms with Crippen LogP contribution in [0.15, 0.2) is 82.2 Å². The molecule has 0 saturated carbocycles. The number of hydrogen-bond donors (Lipinski definition) is 1. The third-order valence-electron chi connectivity index (χ3n) is 8.21. The SMILES string of the molecule is Cc1cc(S(=O)(=O)Nc2ccc(Oc3ccc4cc(C(=O)N5CCN(Cc6ccc(OCC(F)(F)F)cc6)CC5)n(C)c4c3)nc2)c(C(F)(F)F)o1. The summed E-state index contributed by atoms with van der Waals surface area (Å²) in [5, 5.41) is 0.782. The number of hydrogen-bond acceptors (Lipinski definition) is 8. The lowest BCUT2D eigenvalue weighted by molar-refractivity contribution is -0.156. The van der Waals surface area contributed by atoms with Crippen LogP contribution in [0.5, 0.6) is 17.4 Å². The smallest absolute Gasteiger partial charge is 0.450 e. The highest BCUT2D eigenvalue weighted by molar-refractivity contribution is 7.92. The third-order valence-corrected chi connectivity index (χ3v) is 9.59. The van der Waals surface area contributed by atoms with E-state index in [-0.39, 0.29) is 29.0 Å². The zero-order chi connectivity index (χ0) is 37.4. The fourth-order valence-electron chi connectivity index (χ4n) is 5.68. The van der Waals surface area contributed by atoms with Gasteiger partial charge in [0.2, 0.25) is 11.6 Å². The van der Waals surface area contributed by atoms with E-state index in [0.717, 1.165) is 23.2 Å². The number of rotatable bonds is 10. The molecule has 1 N–H and O–H groups in total. The molecule has 0 aliphatic carbocycles. The van der Waals surface area contributed by atoms with Crippen LogP contribution >= 0.6 is 0 Å². The van der Waals surface area contributed by atoms with Crippen molar-refractivity contribution in [3.63, 3.8) is 0 Å². The van der Waals surface area contributed by atoms with Crippen molar-refractivity contribution in [2.75, 3.05) is 37.5 Å². The number of furan rings is 1. The van der Waals surface area contributed by atoms with Crippen LogP contribution in [0.25, 0.3) is 10.9 Å². The van der Waals surface area contributed by atoms with Crippen molar-refractivity contribution in [2.24, 2.45) is 7.05 Å². The number of benzene rings is 2. The number of fused-ring (bicyclic) bond motifs is 1. The van der Waals surface area contributed by atoms with Crippen LogP contribution in [0.1, 0.15) is 27.6 Å². The minimum absolute atomic E-state index is 0.0755. The van der Waals surface area contributed by atoms with Crippen LogP contribution < -0.4 is 14.2 Å². The second kappa shape index (κ2) is 14.1. The van der Waals surface area contributed by atoms with Crippen molar-refractivity contribution in [1.29, 1.82) is 0 Å². The van der Waals surface area contributed by atoms with Crippen LogP contribution in [-0.2, 0) is 29.8 Å². The van der Waals surface area contributed by atoms with E-state index in [0.29, 0.717) is 49.7 Å². The van der Waals surface area contributed by atoms with E-state index in [4.69, 9.17) is 9.47 Å². The molecule has 1 aliphatic rings. The van der Waals surface area contributed by atoms with E-state index in [9.17, 15) is 39.6 Å². The van der Waals surface area contributed by atoms with Crippen LogP contribution in [0.3, 0.4) is 0 Å². The molecule has 1 fully saturated rings. The summed E-state index contributed by atoms with van der Waals surface area (Å²) in [6.45, 7) is 2.58. The second-order valence-corrected chi connectivity index (χ2v) is 13.7. The highest BCUT2D eigenvalue weighted by atomic mass is 32.2. The quantitative estimate of drug-likeness (QED) is 0.152. The van der Waals surface area contributed by atoms with Crippen molar-refractivity contribution >= 4 is 32.5 Å². The van der Waals surface area contributed by atoms with Gasteiger partial charge in [-0.25, -0.2) is 13.4 Å². The van der Waals surface area contributed by atoms with Gasteiger partial charge in [0, 0.05) is 63.4 Å². The van der Waals surface area contributed by atoms with Crippen molar-refractivity contribution in [3.05, 3.63) is 95.7 Å². The summed E-state index contributed by atoms with van der Waals surface area (Å²) in [6, 6.07) is 16.8. The Kier molecular flexibility index (Phi) is 9.89. The number of aromatic nitrogens is 2. The lowest BCUT2D eigenvalue weighted by Crippen LogP contribution is -2.48. The summed E-state index contributed by atoms with van der Waals surface area (Å²) < 4.78 is 122. The maximum Gasteiger partial charge on any atom is 0.450 e. The van der Waals surface area contributed by atoms with E-state index < -0.39 is 39.6 Å². The largest absolute Gasteiger partial charge is 0.484 e. The van der Waals surface area contributed by atoms with Gasteiger partial charge in [0.1, 0.15) is 27.8 Å². The summed E-state index contributed by atoms with van der Waals surface area (Å²) in [6.07, 6.45) is -8.33. The lowest BCUT2D eigenvalue weighted by atomic mass is 10.2. The molecular weight excluding hydrogens is 720 g/mol. The van der Waals surface area contributed by atoms with E-state index in [1.165, 1.54) is 31.2 Å². The minimum Gasteiger partial charge on any atom is -0.484 e. The highest BCUT2D eigenvalue weighted by Crippen LogP contribution is 2.37. The Bertz CT molecular complexity index is 2170. The van der Waals surface area contributed by atoms with E-state index >= 15 is 0 Å². The van der Waals surface area contributed by atoms with Gasteiger partial charge >= 0.3 is 12.4 Å². The van der Waals surface area contributed by atoms with Crippen molar-refractivity contribution in [2.45, 2.75) is 30.7 Å². The van der Waals surface area contributed by atoms with Gasteiger partial charge in [0.15, 0.2) is 6.61 Å². The van der Waals surface area contributed by atoms with Crippen LogP contribution in [0.4, 0.5) is 32.0 Å². The average Bonchev–Trinajstić information content (AvgIpc) is 3.65. The first-order valence-corrected chi connectivity index (χ1v) is 17.2. The van der Waals surface area contributed by atoms with Gasteiger partial charge in [-0.15, -0.1) is 0 Å². The second-order valence-electron chi connectivity index (χ2n) is 12.1. The maximum absolute atomic E-state index is 13.5. The maximum atomic E-state index is 13.5. The molecule has 3 aromatic heterocycles. The Morgan fingerprint density at radius 3 is 2.25 bits per heavy atom. The summed E-state index contributed by atoms with van der Waals surface area (Å²) in [5.41, 5.74) is 1.96. The minimum atomic E-state index is -5.01. The highest BCUT2D eigenvalue weighted by Gasteiger charge is 2.42. The molecule has 2 aromatic carbocycles. The number of carbonyl (C=O) groups excluding carboxylic acids is 1. The van der Waals surface area contributed by atoms with Gasteiger partial charge in [-0.05, 0) is 48.9 Å². The fraction of sp³-hybridized carbons (Fsp3) is 0.294. The Hall–Kier alpha value is -5.23. The zero-order valence-corrected chi connectivity index (χ0v) is 28.4. The molecule has 6 rings (SSSR count). The number of piperazine rings is 1. The molecule has 0 radical (unpaired) electrons. The predicted octanol–water partition coefficient (Wildman–Crippen LogP) is 6.99.